The lowest BCUT2D eigenvalue weighted by Gasteiger charge is -2.21. The molecule has 0 saturated carbocycles. The molecule has 0 aliphatic rings. The molecule has 2 aromatic heterocycles. The second-order valence-electron chi connectivity index (χ2n) is 10.2. The first-order chi connectivity index (χ1) is 21.8. The second-order valence-corrected chi connectivity index (χ2v) is 10.2. The SMILES string of the molecule is CCCCC(=O)OC/N=C(\N)c1ccc(NCc2nc3cc(C(=O)N(CCC(=O)OCC)c4ccccn4)ccc3n2C)cc1. The first-order valence-corrected chi connectivity index (χ1v) is 14.9. The summed E-state index contributed by atoms with van der Waals surface area (Å²) in [6.07, 6.45) is 3.73. The molecule has 0 saturated heterocycles. The molecule has 2 aromatic carbocycles. The van der Waals surface area contributed by atoms with E-state index in [0.29, 0.717) is 35.4 Å². The minimum atomic E-state index is -0.379. The lowest BCUT2D eigenvalue weighted by Crippen LogP contribution is -2.34. The molecule has 0 aliphatic heterocycles. The highest BCUT2D eigenvalue weighted by Gasteiger charge is 2.21. The molecule has 0 spiro atoms. The van der Waals surface area contributed by atoms with Gasteiger partial charge in [0.05, 0.1) is 30.6 Å². The van der Waals surface area contributed by atoms with Gasteiger partial charge in [0.25, 0.3) is 5.91 Å². The summed E-state index contributed by atoms with van der Waals surface area (Å²) in [7, 11) is 1.92. The molecule has 4 aromatic rings. The van der Waals surface area contributed by atoms with Crippen molar-refractivity contribution < 1.29 is 23.9 Å². The number of carbonyl (C=O) groups is 3. The Hall–Kier alpha value is -5.26. The van der Waals surface area contributed by atoms with E-state index in [1.54, 1.807) is 43.5 Å². The van der Waals surface area contributed by atoms with Crippen molar-refractivity contribution in [2.75, 3.05) is 30.1 Å². The van der Waals surface area contributed by atoms with E-state index in [-0.39, 0.29) is 50.0 Å². The molecule has 45 heavy (non-hydrogen) atoms. The highest BCUT2D eigenvalue weighted by molar-refractivity contribution is 6.07. The smallest absolute Gasteiger partial charge is 0.307 e. The predicted molar refractivity (Wildman–Crippen MR) is 173 cm³/mol. The van der Waals surface area contributed by atoms with Crippen LogP contribution in [0.3, 0.4) is 0 Å². The molecule has 236 valence electrons. The van der Waals surface area contributed by atoms with Gasteiger partial charge in [0.2, 0.25) is 0 Å². The van der Waals surface area contributed by atoms with Gasteiger partial charge in [-0.25, -0.2) is 15.0 Å². The van der Waals surface area contributed by atoms with Gasteiger partial charge >= 0.3 is 11.9 Å². The van der Waals surface area contributed by atoms with Gasteiger partial charge in [0.1, 0.15) is 17.5 Å². The van der Waals surface area contributed by atoms with Crippen molar-refractivity contribution in [2.24, 2.45) is 17.8 Å². The summed E-state index contributed by atoms with van der Waals surface area (Å²) in [6, 6.07) is 18.1. The van der Waals surface area contributed by atoms with Crippen LogP contribution in [0.2, 0.25) is 0 Å². The van der Waals surface area contributed by atoms with Crippen LogP contribution in [0.1, 0.15) is 61.3 Å². The van der Waals surface area contributed by atoms with E-state index >= 15 is 0 Å². The van der Waals surface area contributed by atoms with Crippen LogP contribution in [0, 0.1) is 0 Å². The highest BCUT2D eigenvalue weighted by atomic mass is 16.5. The fraction of sp³-hybridized carbons (Fsp3) is 0.333. The second kappa shape index (κ2) is 16.0. The van der Waals surface area contributed by atoms with Gasteiger partial charge in [0.15, 0.2) is 6.73 Å². The van der Waals surface area contributed by atoms with Gasteiger partial charge < -0.3 is 25.1 Å². The number of amidine groups is 1. The summed E-state index contributed by atoms with van der Waals surface area (Å²) < 4.78 is 12.1. The van der Waals surface area contributed by atoms with Gasteiger partial charge in [-0.1, -0.05) is 19.4 Å². The lowest BCUT2D eigenvalue weighted by atomic mass is 10.1. The number of imidazole rings is 1. The Morgan fingerprint density at radius 3 is 2.44 bits per heavy atom. The van der Waals surface area contributed by atoms with Crippen LogP contribution in [0.5, 0.6) is 0 Å². The monoisotopic (exact) mass is 613 g/mol. The number of pyridine rings is 1. The molecule has 0 unspecified atom stereocenters. The number of anilines is 2. The third kappa shape index (κ3) is 8.88. The largest absolute Gasteiger partial charge is 0.466 e. The Morgan fingerprint density at radius 2 is 1.73 bits per heavy atom. The van der Waals surface area contributed by atoms with Crippen LogP contribution in [-0.4, -0.2) is 58.1 Å². The van der Waals surface area contributed by atoms with E-state index in [0.717, 1.165) is 29.9 Å². The maximum absolute atomic E-state index is 13.6. The van der Waals surface area contributed by atoms with Crippen molar-refractivity contribution in [2.45, 2.75) is 46.1 Å². The van der Waals surface area contributed by atoms with Crippen molar-refractivity contribution in [1.82, 2.24) is 14.5 Å². The third-order valence-electron chi connectivity index (χ3n) is 7.06. The number of benzene rings is 2. The summed E-state index contributed by atoms with van der Waals surface area (Å²) >= 11 is 0. The number of aromatic nitrogens is 3. The number of esters is 2. The van der Waals surface area contributed by atoms with E-state index < -0.39 is 0 Å². The number of unbranched alkanes of at least 4 members (excludes halogenated alkanes) is 1. The molecular formula is C33H39N7O5. The quantitative estimate of drug-likeness (QED) is 0.111. The number of nitrogens with two attached hydrogens (primary N) is 1. The molecule has 0 bridgehead atoms. The number of ether oxygens (including phenoxy) is 2. The van der Waals surface area contributed by atoms with E-state index in [1.165, 1.54) is 4.90 Å². The number of aliphatic imine (C=N–C) groups is 1. The number of hydrogen-bond donors (Lipinski definition) is 2. The topological polar surface area (TPSA) is 154 Å². The summed E-state index contributed by atoms with van der Waals surface area (Å²) in [6.45, 7) is 4.49. The van der Waals surface area contributed by atoms with E-state index in [2.05, 4.69) is 15.3 Å². The number of fused-ring (bicyclic) bond motifs is 1. The standard InChI is InChI=1S/C33H39N7O5/c1-4-6-10-30(41)45-22-37-32(34)23-11-14-25(15-12-23)36-21-29-38-26-20-24(13-16-27(26)39(29)3)33(43)40(19-17-31(42)44-5-2)28-9-7-8-18-35-28/h7-9,11-16,18,20,36H,4-6,10,17,19,21-22H2,1-3H3,(H2,34,37). The number of amides is 1. The Morgan fingerprint density at radius 1 is 0.978 bits per heavy atom. The average Bonchev–Trinajstić information content (AvgIpc) is 3.37. The molecular weight excluding hydrogens is 574 g/mol. The Bertz CT molecular complexity index is 1630. The zero-order valence-electron chi connectivity index (χ0n) is 25.9. The van der Waals surface area contributed by atoms with Crippen molar-refractivity contribution in [3.8, 4) is 0 Å². The number of aryl methyl sites for hydroxylation is 1. The maximum atomic E-state index is 13.6. The van der Waals surface area contributed by atoms with Gasteiger partial charge in [0, 0.05) is 43.0 Å². The molecule has 2 heterocycles. The summed E-state index contributed by atoms with van der Waals surface area (Å²) in [5, 5.41) is 3.36. The van der Waals surface area contributed by atoms with Crippen molar-refractivity contribution >= 4 is 46.2 Å². The van der Waals surface area contributed by atoms with Gasteiger partial charge in [-0.05, 0) is 67.9 Å². The number of rotatable bonds is 15. The minimum absolute atomic E-state index is 0.0483. The Kier molecular flexibility index (Phi) is 11.6. The fourth-order valence-electron chi connectivity index (χ4n) is 4.56. The molecule has 0 atom stereocenters. The van der Waals surface area contributed by atoms with E-state index in [9.17, 15) is 14.4 Å². The van der Waals surface area contributed by atoms with E-state index in [1.807, 2.05) is 48.9 Å². The zero-order chi connectivity index (χ0) is 32.2. The van der Waals surface area contributed by atoms with Crippen LogP contribution in [-0.2, 0) is 32.7 Å². The maximum Gasteiger partial charge on any atom is 0.307 e. The molecule has 0 radical (unpaired) electrons. The molecule has 12 heteroatoms. The predicted octanol–water partition coefficient (Wildman–Crippen LogP) is 4.58. The first kappa shape index (κ1) is 32.6. The van der Waals surface area contributed by atoms with Crippen LogP contribution in [0.15, 0.2) is 71.9 Å². The molecule has 0 fully saturated rings. The molecule has 4 rings (SSSR count). The number of hydrogen-bond acceptors (Lipinski definition) is 9. The normalized spacial score (nSPS) is 11.3. The number of nitrogens with one attached hydrogen (secondary N) is 1. The fourth-order valence-corrected chi connectivity index (χ4v) is 4.56. The van der Waals surface area contributed by atoms with Gasteiger partial charge in [-0.2, -0.15) is 0 Å². The Balaban J connectivity index is 1.42. The summed E-state index contributed by atoms with van der Waals surface area (Å²) in [4.78, 5) is 52.0. The summed E-state index contributed by atoms with van der Waals surface area (Å²) in [5.74, 6) is 0.553. The molecule has 3 N–H and O–H groups in total. The van der Waals surface area contributed by atoms with Crippen molar-refractivity contribution in [3.05, 3.63) is 83.8 Å². The Labute approximate surface area is 262 Å². The third-order valence-corrected chi connectivity index (χ3v) is 7.06. The molecule has 12 nitrogen and oxygen atoms in total. The molecule has 0 aliphatic carbocycles. The number of nitrogens with zero attached hydrogens (tertiary/aromatic N) is 5. The van der Waals surface area contributed by atoms with Gasteiger partial charge in [-0.15, -0.1) is 0 Å². The van der Waals surface area contributed by atoms with Crippen molar-refractivity contribution in [1.29, 1.82) is 0 Å². The average molecular weight is 614 g/mol. The molecule has 1 amide bonds. The van der Waals surface area contributed by atoms with Crippen LogP contribution < -0.4 is 16.0 Å². The van der Waals surface area contributed by atoms with Crippen molar-refractivity contribution in [3.63, 3.8) is 0 Å². The van der Waals surface area contributed by atoms with Gasteiger partial charge in [-0.3, -0.25) is 19.3 Å². The summed E-state index contributed by atoms with van der Waals surface area (Å²) in [5.41, 5.74) is 9.60. The lowest BCUT2D eigenvalue weighted by molar-refractivity contribution is -0.144. The first-order valence-electron chi connectivity index (χ1n) is 14.9. The van der Waals surface area contributed by atoms with Crippen LogP contribution in [0.25, 0.3) is 11.0 Å². The zero-order valence-corrected chi connectivity index (χ0v) is 25.9. The number of carbonyl (C=O) groups excluding carboxylic acids is 3. The highest BCUT2D eigenvalue weighted by Crippen LogP contribution is 2.21. The van der Waals surface area contributed by atoms with Crippen LogP contribution >= 0.6 is 0 Å². The van der Waals surface area contributed by atoms with Crippen LogP contribution in [0.4, 0.5) is 11.5 Å². The minimum Gasteiger partial charge on any atom is -0.466 e. The van der Waals surface area contributed by atoms with E-state index in [4.69, 9.17) is 20.2 Å².